The van der Waals surface area contributed by atoms with Crippen LogP contribution in [0.2, 0.25) is 0 Å². The van der Waals surface area contributed by atoms with Gasteiger partial charge in [-0.3, -0.25) is 9.59 Å². The lowest BCUT2D eigenvalue weighted by Crippen LogP contribution is -2.40. The Morgan fingerprint density at radius 2 is 2.00 bits per heavy atom. The first-order chi connectivity index (χ1) is 7.52. The van der Waals surface area contributed by atoms with E-state index in [0.717, 1.165) is 12.8 Å². The maximum absolute atomic E-state index is 12.0. The van der Waals surface area contributed by atoms with E-state index in [1.54, 1.807) is 7.05 Å². The molecule has 88 valence electrons. The summed E-state index contributed by atoms with van der Waals surface area (Å²) in [6.07, 6.45) is 2.90. The van der Waals surface area contributed by atoms with E-state index < -0.39 is 11.4 Å². The number of nitriles is 1. The summed E-state index contributed by atoms with van der Waals surface area (Å²) in [4.78, 5) is 23.8. The number of rotatable bonds is 4. The van der Waals surface area contributed by atoms with Crippen molar-refractivity contribution < 1.29 is 14.7 Å². The third-order valence-electron chi connectivity index (χ3n) is 3.09. The summed E-state index contributed by atoms with van der Waals surface area (Å²) in [5.41, 5.74) is -0.896. The highest BCUT2D eigenvalue weighted by Gasteiger charge is 2.43. The van der Waals surface area contributed by atoms with E-state index in [1.165, 1.54) is 4.90 Å². The van der Waals surface area contributed by atoms with Crippen LogP contribution in [0.4, 0.5) is 0 Å². The lowest BCUT2D eigenvalue weighted by Gasteiger charge is -2.26. The molecule has 1 saturated carbocycles. The first kappa shape index (κ1) is 12.5. The third-order valence-corrected chi connectivity index (χ3v) is 3.09. The molecule has 0 aromatic carbocycles. The number of aliphatic carboxylic acids is 1. The van der Waals surface area contributed by atoms with Gasteiger partial charge in [-0.25, -0.2) is 0 Å². The zero-order valence-electron chi connectivity index (χ0n) is 9.40. The molecule has 0 heterocycles. The van der Waals surface area contributed by atoms with Gasteiger partial charge in [0.1, 0.15) is 5.41 Å². The van der Waals surface area contributed by atoms with Gasteiger partial charge < -0.3 is 10.0 Å². The summed E-state index contributed by atoms with van der Waals surface area (Å²) >= 11 is 0. The minimum Gasteiger partial charge on any atom is -0.481 e. The predicted octanol–water partition coefficient (Wildman–Crippen LogP) is 1.00. The molecule has 1 amide bonds. The number of nitrogens with zero attached hydrogens (tertiary/aromatic N) is 2. The normalized spacial score (nSPS) is 17.8. The second-order valence-electron chi connectivity index (χ2n) is 4.27. The zero-order chi connectivity index (χ0) is 12.2. The molecule has 0 bridgehead atoms. The van der Waals surface area contributed by atoms with Gasteiger partial charge in [0.15, 0.2) is 0 Å². The summed E-state index contributed by atoms with van der Waals surface area (Å²) in [7, 11) is 1.56. The van der Waals surface area contributed by atoms with Gasteiger partial charge in [0, 0.05) is 13.6 Å². The Balaban J connectivity index is 2.62. The van der Waals surface area contributed by atoms with Gasteiger partial charge in [-0.05, 0) is 12.8 Å². The Bertz CT molecular complexity index is 327. The van der Waals surface area contributed by atoms with E-state index in [0.29, 0.717) is 12.8 Å². The molecule has 0 aliphatic heterocycles. The van der Waals surface area contributed by atoms with Crippen LogP contribution in [0.15, 0.2) is 0 Å². The Labute approximate surface area is 94.7 Å². The van der Waals surface area contributed by atoms with Crippen LogP contribution in [0, 0.1) is 16.7 Å². The van der Waals surface area contributed by atoms with Crippen LogP contribution in [0.3, 0.4) is 0 Å². The molecule has 0 atom stereocenters. The Morgan fingerprint density at radius 3 is 2.44 bits per heavy atom. The molecule has 0 aromatic heterocycles. The number of hydrogen-bond donors (Lipinski definition) is 1. The van der Waals surface area contributed by atoms with Gasteiger partial charge in [-0.15, -0.1) is 0 Å². The standard InChI is InChI=1S/C11H16N2O3/c1-13(7-4-9(14)15)10(16)11(8-12)5-2-3-6-11/h2-7H2,1H3,(H,14,15). The quantitative estimate of drug-likeness (QED) is 0.772. The topological polar surface area (TPSA) is 81.4 Å². The number of carbonyl (C=O) groups is 2. The molecule has 1 rings (SSSR count). The summed E-state index contributed by atoms with van der Waals surface area (Å²) in [5.74, 6) is -1.16. The zero-order valence-corrected chi connectivity index (χ0v) is 9.40. The molecular formula is C11H16N2O3. The van der Waals surface area contributed by atoms with Gasteiger partial charge >= 0.3 is 5.97 Å². The van der Waals surface area contributed by atoms with E-state index in [1.807, 2.05) is 0 Å². The fourth-order valence-electron chi connectivity index (χ4n) is 2.08. The highest BCUT2D eigenvalue weighted by atomic mass is 16.4. The molecule has 0 spiro atoms. The summed E-state index contributed by atoms with van der Waals surface area (Å²) in [6.45, 7) is 0.164. The number of amides is 1. The van der Waals surface area contributed by atoms with Crippen molar-refractivity contribution in [1.82, 2.24) is 4.90 Å². The van der Waals surface area contributed by atoms with E-state index in [2.05, 4.69) is 6.07 Å². The van der Waals surface area contributed by atoms with E-state index in [4.69, 9.17) is 10.4 Å². The molecule has 1 aliphatic rings. The molecule has 0 aromatic rings. The second-order valence-corrected chi connectivity index (χ2v) is 4.27. The van der Waals surface area contributed by atoms with E-state index in [-0.39, 0.29) is 18.9 Å². The van der Waals surface area contributed by atoms with Crippen molar-refractivity contribution in [3.63, 3.8) is 0 Å². The third kappa shape index (κ3) is 2.51. The number of carbonyl (C=O) groups excluding carboxylic acids is 1. The average molecular weight is 224 g/mol. The van der Waals surface area contributed by atoms with Crippen LogP contribution in [0.1, 0.15) is 32.1 Å². The molecule has 0 saturated heterocycles. The molecule has 16 heavy (non-hydrogen) atoms. The first-order valence-corrected chi connectivity index (χ1v) is 5.40. The van der Waals surface area contributed by atoms with Crippen LogP contribution in [-0.2, 0) is 9.59 Å². The lowest BCUT2D eigenvalue weighted by molar-refractivity contribution is -0.140. The maximum atomic E-state index is 12.0. The van der Waals surface area contributed by atoms with Crippen molar-refractivity contribution in [3.8, 4) is 6.07 Å². The van der Waals surface area contributed by atoms with Crippen molar-refractivity contribution >= 4 is 11.9 Å². The summed E-state index contributed by atoms with van der Waals surface area (Å²) in [6, 6.07) is 2.11. The highest BCUT2D eigenvalue weighted by molar-refractivity contribution is 5.85. The van der Waals surface area contributed by atoms with E-state index >= 15 is 0 Å². The minimum atomic E-state index is -0.933. The number of carboxylic acids is 1. The van der Waals surface area contributed by atoms with Crippen LogP contribution in [-0.4, -0.2) is 35.5 Å². The monoisotopic (exact) mass is 224 g/mol. The Morgan fingerprint density at radius 1 is 1.44 bits per heavy atom. The van der Waals surface area contributed by atoms with Gasteiger partial charge in [-0.2, -0.15) is 5.26 Å². The fourth-order valence-corrected chi connectivity index (χ4v) is 2.08. The fraction of sp³-hybridized carbons (Fsp3) is 0.727. The van der Waals surface area contributed by atoms with Crippen molar-refractivity contribution in [1.29, 1.82) is 5.26 Å². The largest absolute Gasteiger partial charge is 0.481 e. The van der Waals surface area contributed by atoms with Gasteiger partial charge in [0.2, 0.25) is 5.91 Å². The SMILES string of the molecule is CN(CCC(=O)O)C(=O)C1(C#N)CCCC1. The molecular weight excluding hydrogens is 208 g/mol. The number of carboxylic acid groups (broad SMARTS) is 1. The molecule has 0 radical (unpaired) electrons. The molecule has 0 unspecified atom stereocenters. The second kappa shape index (κ2) is 4.97. The smallest absolute Gasteiger partial charge is 0.305 e. The maximum Gasteiger partial charge on any atom is 0.305 e. The highest BCUT2D eigenvalue weighted by Crippen LogP contribution is 2.38. The first-order valence-electron chi connectivity index (χ1n) is 5.40. The van der Waals surface area contributed by atoms with Crippen LogP contribution in [0.5, 0.6) is 0 Å². The van der Waals surface area contributed by atoms with Crippen LogP contribution in [0.25, 0.3) is 0 Å². The van der Waals surface area contributed by atoms with Gasteiger partial charge in [-0.1, -0.05) is 12.8 Å². The molecule has 1 aliphatic carbocycles. The van der Waals surface area contributed by atoms with Crippen molar-refractivity contribution in [3.05, 3.63) is 0 Å². The minimum absolute atomic E-state index is 0.0796. The Kier molecular flexibility index (Phi) is 3.88. The lowest BCUT2D eigenvalue weighted by atomic mass is 9.86. The van der Waals surface area contributed by atoms with Crippen LogP contribution < -0.4 is 0 Å². The van der Waals surface area contributed by atoms with Gasteiger partial charge in [0.25, 0.3) is 0 Å². The summed E-state index contributed by atoms with van der Waals surface area (Å²) in [5, 5.41) is 17.6. The average Bonchev–Trinajstić information content (AvgIpc) is 2.74. The Hall–Kier alpha value is -1.57. The van der Waals surface area contributed by atoms with Crippen LogP contribution >= 0.6 is 0 Å². The van der Waals surface area contributed by atoms with Crippen molar-refractivity contribution in [2.24, 2.45) is 5.41 Å². The predicted molar refractivity (Wildman–Crippen MR) is 56.4 cm³/mol. The molecule has 5 nitrogen and oxygen atoms in total. The van der Waals surface area contributed by atoms with E-state index in [9.17, 15) is 9.59 Å². The molecule has 1 N–H and O–H groups in total. The molecule has 1 fully saturated rings. The molecule has 5 heteroatoms. The van der Waals surface area contributed by atoms with Crippen molar-refractivity contribution in [2.45, 2.75) is 32.1 Å². The summed E-state index contributed by atoms with van der Waals surface area (Å²) < 4.78 is 0. The van der Waals surface area contributed by atoms with Crippen molar-refractivity contribution in [2.75, 3.05) is 13.6 Å². The van der Waals surface area contributed by atoms with Gasteiger partial charge in [0.05, 0.1) is 12.5 Å². The number of hydrogen-bond acceptors (Lipinski definition) is 3.